The largest absolute Gasteiger partial charge is 0.326 e. The van der Waals surface area contributed by atoms with Gasteiger partial charge in [0.15, 0.2) is 0 Å². The molecule has 2 nitrogen and oxygen atoms in total. The maximum atomic E-state index is 12.8. The molecule has 0 aromatic rings. The van der Waals surface area contributed by atoms with E-state index >= 15 is 0 Å². The topological polar surface area (TPSA) is 15.6 Å². The fourth-order valence-electron chi connectivity index (χ4n) is 1.20. The summed E-state index contributed by atoms with van der Waals surface area (Å²) in [5, 5.41) is 0. The molecular formula is C10H7FN2. The highest BCUT2D eigenvalue weighted by molar-refractivity contribution is 5.96. The molecule has 2 aliphatic rings. The zero-order valence-corrected chi connectivity index (χ0v) is 6.87. The van der Waals surface area contributed by atoms with E-state index in [0.29, 0.717) is 18.1 Å². The van der Waals surface area contributed by atoms with Crippen molar-refractivity contribution in [1.29, 1.82) is 0 Å². The van der Waals surface area contributed by atoms with Gasteiger partial charge in [-0.25, -0.2) is 9.38 Å². The maximum absolute atomic E-state index is 12.8. The van der Waals surface area contributed by atoms with Gasteiger partial charge in [0.2, 0.25) is 0 Å². The first-order chi connectivity index (χ1) is 6.29. The summed E-state index contributed by atoms with van der Waals surface area (Å²) < 4.78 is 12.8. The van der Waals surface area contributed by atoms with Crippen LogP contribution in [0.5, 0.6) is 0 Å². The molecule has 0 spiro atoms. The molecule has 0 unspecified atom stereocenters. The first-order valence-corrected chi connectivity index (χ1v) is 3.87. The Balaban J connectivity index is 2.33. The molecule has 2 heterocycles. The van der Waals surface area contributed by atoms with E-state index in [1.165, 1.54) is 12.3 Å². The monoisotopic (exact) mass is 174 g/mol. The minimum Gasteiger partial charge on any atom is -0.326 e. The van der Waals surface area contributed by atoms with Crippen LogP contribution in [0, 0.1) is 12.3 Å². The first-order valence-electron chi connectivity index (χ1n) is 3.87. The number of aliphatic imine (C=N–C) groups is 1. The van der Waals surface area contributed by atoms with Crippen molar-refractivity contribution in [1.82, 2.24) is 4.90 Å². The van der Waals surface area contributed by atoms with Crippen molar-refractivity contribution in [2.24, 2.45) is 4.99 Å². The average Bonchev–Trinajstić information content (AvgIpc) is 2.17. The van der Waals surface area contributed by atoms with E-state index in [4.69, 9.17) is 6.42 Å². The van der Waals surface area contributed by atoms with Gasteiger partial charge in [0.05, 0.1) is 0 Å². The molecule has 0 bridgehead atoms. The summed E-state index contributed by atoms with van der Waals surface area (Å²) in [4.78, 5) is 5.83. The zero-order chi connectivity index (χ0) is 9.26. The lowest BCUT2D eigenvalue weighted by molar-refractivity contribution is 0.559. The van der Waals surface area contributed by atoms with Crippen molar-refractivity contribution >= 4 is 5.84 Å². The lowest BCUT2D eigenvalue weighted by Crippen LogP contribution is -2.29. The van der Waals surface area contributed by atoms with Gasteiger partial charge in [-0.1, -0.05) is 5.92 Å². The standard InChI is InChI=1S/C10H7FN2/c1-2-9-5-6-13-7-8(11)3-4-10(13)12-9/h1,3-5,7H,6H2. The number of hydrogen-bond donors (Lipinski definition) is 0. The van der Waals surface area contributed by atoms with Crippen LogP contribution in [0.15, 0.2) is 40.9 Å². The molecule has 0 saturated carbocycles. The smallest absolute Gasteiger partial charge is 0.139 e. The van der Waals surface area contributed by atoms with Crippen molar-refractivity contribution in [3.63, 3.8) is 0 Å². The van der Waals surface area contributed by atoms with E-state index in [0.717, 1.165) is 0 Å². The predicted octanol–water partition coefficient (Wildman–Crippen LogP) is 1.60. The van der Waals surface area contributed by atoms with Crippen LogP contribution in [-0.2, 0) is 0 Å². The quantitative estimate of drug-likeness (QED) is 0.509. The second-order valence-electron chi connectivity index (χ2n) is 2.70. The van der Waals surface area contributed by atoms with Gasteiger partial charge in [0.25, 0.3) is 0 Å². The summed E-state index contributed by atoms with van der Waals surface area (Å²) in [6, 6.07) is 0. The highest BCUT2D eigenvalue weighted by Gasteiger charge is 2.14. The molecule has 2 rings (SSSR count). The van der Waals surface area contributed by atoms with Gasteiger partial charge in [-0.15, -0.1) is 6.42 Å². The van der Waals surface area contributed by atoms with E-state index in [2.05, 4.69) is 10.9 Å². The predicted molar refractivity (Wildman–Crippen MR) is 49.4 cm³/mol. The van der Waals surface area contributed by atoms with Crippen LogP contribution in [0.3, 0.4) is 0 Å². The Morgan fingerprint density at radius 2 is 2.38 bits per heavy atom. The third-order valence-corrected chi connectivity index (χ3v) is 1.83. The molecule has 64 valence electrons. The Labute approximate surface area is 75.8 Å². The normalized spacial score (nSPS) is 19.7. The summed E-state index contributed by atoms with van der Waals surface area (Å²) in [6.45, 7) is 0.579. The molecular weight excluding hydrogens is 167 g/mol. The number of amidine groups is 1. The summed E-state index contributed by atoms with van der Waals surface area (Å²) >= 11 is 0. The van der Waals surface area contributed by atoms with Crippen molar-refractivity contribution in [3.05, 3.63) is 36.0 Å². The molecule has 3 heteroatoms. The Morgan fingerprint density at radius 1 is 1.54 bits per heavy atom. The van der Waals surface area contributed by atoms with Crippen LogP contribution < -0.4 is 0 Å². The second-order valence-corrected chi connectivity index (χ2v) is 2.70. The summed E-state index contributed by atoms with van der Waals surface area (Å²) in [7, 11) is 0. The summed E-state index contributed by atoms with van der Waals surface area (Å²) in [5.74, 6) is 2.87. The van der Waals surface area contributed by atoms with E-state index in [1.807, 2.05) is 0 Å². The van der Waals surface area contributed by atoms with Crippen LogP contribution in [0.1, 0.15) is 0 Å². The van der Waals surface area contributed by atoms with E-state index in [9.17, 15) is 4.39 Å². The van der Waals surface area contributed by atoms with Gasteiger partial charge in [0.1, 0.15) is 17.4 Å². The van der Waals surface area contributed by atoms with Crippen molar-refractivity contribution in [2.45, 2.75) is 0 Å². The Kier molecular flexibility index (Phi) is 1.75. The number of allylic oxidation sites excluding steroid dienone is 3. The maximum Gasteiger partial charge on any atom is 0.139 e. The Morgan fingerprint density at radius 3 is 3.15 bits per heavy atom. The number of halogens is 1. The fraction of sp³-hybridized carbons (Fsp3) is 0.100. The number of fused-ring (bicyclic) bond motifs is 1. The number of nitrogens with zero attached hydrogens (tertiary/aromatic N) is 2. The molecule has 2 aliphatic heterocycles. The lowest BCUT2D eigenvalue weighted by Gasteiger charge is -2.24. The molecule has 0 radical (unpaired) electrons. The van der Waals surface area contributed by atoms with Crippen LogP contribution in [0.4, 0.5) is 4.39 Å². The third kappa shape index (κ3) is 1.38. The van der Waals surface area contributed by atoms with Gasteiger partial charge in [-0.2, -0.15) is 0 Å². The molecule has 0 amide bonds. The number of terminal acetylenes is 1. The Bertz CT molecular complexity index is 394. The molecule has 0 N–H and O–H groups in total. The van der Waals surface area contributed by atoms with Crippen LogP contribution in [0.25, 0.3) is 0 Å². The molecule has 0 atom stereocenters. The van der Waals surface area contributed by atoms with Gasteiger partial charge >= 0.3 is 0 Å². The fourth-order valence-corrected chi connectivity index (χ4v) is 1.20. The average molecular weight is 174 g/mol. The van der Waals surface area contributed by atoms with Crippen molar-refractivity contribution in [3.8, 4) is 12.3 Å². The molecule has 0 aliphatic carbocycles. The van der Waals surface area contributed by atoms with Gasteiger partial charge in [-0.05, 0) is 18.2 Å². The van der Waals surface area contributed by atoms with Gasteiger partial charge in [-0.3, -0.25) is 0 Å². The van der Waals surface area contributed by atoms with Crippen LogP contribution >= 0.6 is 0 Å². The SMILES string of the molecule is C#CC1=CCN2C=C(F)C=CC2=N1. The highest BCUT2D eigenvalue weighted by atomic mass is 19.1. The Hall–Kier alpha value is -1.82. The highest BCUT2D eigenvalue weighted by Crippen LogP contribution is 2.15. The number of rotatable bonds is 0. The summed E-state index contributed by atoms with van der Waals surface area (Å²) in [6.07, 6.45) is 11.4. The van der Waals surface area contributed by atoms with Crippen LogP contribution in [-0.4, -0.2) is 17.3 Å². The minimum absolute atomic E-state index is 0.267. The molecule has 0 saturated heterocycles. The number of hydrogen-bond acceptors (Lipinski definition) is 2. The molecule has 0 fully saturated rings. The molecule has 0 aromatic carbocycles. The van der Waals surface area contributed by atoms with E-state index in [-0.39, 0.29) is 5.83 Å². The zero-order valence-electron chi connectivity index (χ0n) is 6.87. The van der Waals surface area contributed by atoms with Crippen molar-refractivity contribution < 1.29 is 4.39 Å². The minimum atomic E-state index is -0.267. The van der Waals surface area contributed by atoms with Gasteiger partial charge < -0.3 is 4.90 Å². The lowest BCUT2D eigenvalue weighted by atomic mass is 10.2. The summed E-state index contributed by atoms with van der Waals surface area (Å²) in [5.41, 5.74) is 0.603. The van der Waals surface area contributed by atoms with Crippen molar-refractivity contribution in [2.75, 3.05) is 6.54 Å². The van der Waals surface area contributed by atoms with Crippen LogP contribution in [0.2, 0.25) is 0 Å². The molecule has 13 heavy (non-hydrogen) atoms. The second kappa shape index (κ2) is 2.91. The molecule has 0 aromatic heterocycles. The van der Waals surface area contributed by atoms with E-state index in [1.54, 1.807) is 17.1 Å². The van der Waals surface area contributed by atoms with Gasteiger partial charge in [0, 0.05) is 12.7 Å². The first kappa shape index (κ1) is 7.81. The van der Waals surface area contributed by atoms with E-state index < -0.39 is 0 Å². The third-order valence-electron chi connectivity index (χ3n) is 1.83.